The van der Waals surface area contributed by atoms with Crippen LogP contribution in [0.3, 0.4) is 0 Å². The molecule has 0 fully saturated rings. The number of halogens is 11. The van der Waals surface area contributed by atoms with E-state index in [4.69, 9.17) is 26.5 Å². The van der Waals surface area contributed by atoms with Crippen molar-refractivity contribution in [3.05, 3.63) is 47.9 Å². The van der Waals surface area contributed by atoms with E-state index >= 15 is 0 Å². The summed E-state index contributed by atoms with van der Waals surface area (Å²) in [7, 11) is 2.68. The number of hydrogen-bond acceptors (Lipinski definition) is 7. The van der Waals surface area contributed by atoms with Gasteiger partial charge in [0.05, 0.1) is 0 Å². The van der Waals surface area contributed by atoms with Crippen molar-refractivity contribution in [1.29, 1.82) is 0 Å². The number of ether oxygens (including phenoxy) is 1. The van der Waals surface area contributed by atoms with Gasteiger partial charge in [-0.25, -0.2) is 13.2 Å². The van der Waals surface area contributed by atoms with Crippen LogP contribution in [0.1, 0.15) is 207 Å². The molecule has 0 saturated carbocycles. The summed E-state index contributed by atoms with van der Waals surface area (Å²) < 4.78 is 101. The Morgan fingerprint density at radius 3 is 0.781 bits per heavy atom. The summed E-state index contributed by atoms with van der Waals surface area (Å²) in [6.07, 6.45) is 13.0. The number of rotatable bonds is 5. The van der Waals surface area contributed by atoms with E-state index in [9.17, 15) is 44.3 Å². The zero-order valence-electron chi connectivity index (χ0n) is 52.4. The van der Waals surface area contributed by atoms with E-state index in [0.717, 1.165) is 45.5 Å². The van der Waals surface area contributed by atoms with Crippen molar-refractivity contribution in [3.8, 4) is 36.5 Å². The number of carbonyl (C=O) groups is 2. The van der Waals surface area contributed by atoms with Crippen molar-refractivity contribution >= 4 is 53.9 Å². The molecule has 4 N–H and O–H groups in total. The summed E-state index contributed by atoms with van der Waals surface area (Å²) in [6.45, 7) is 45.9. The molecular formula is C52H109BBr2F9Na2O7. The molecule has 0 aromatic heterocycles. The van der Waals surface area contributed by atoms with Gasteiger partial charge < -0.3 is 36.5 Å². The Morgan fingerprint density at radius 1 is 0.630 bits per heavy atom. The van der Waals surface area contributed by atoms with Crippen LogP contribution in [-0.2, 0) is 14.3 Å². The normalized spacial score (nSPS) is 6.71. The number of aliphatic hydroxyl groups is 3. The second kappa shape index (κ2) is 217. The van der Waals surface area contributed by atoms with Crippen LogP contribution in [0, 0.1) is 36.5 Å². The minimum atomic E-state index is -2.91. The van der Waals surface area contributed by atoms with E-state index in [1.165, 1.54) is 32.6 Å². The van der Waals surface area contributed by atoms with Gasteiger partial charge in [-0.15, -0.1) is 47.6 Å². The molecule has 0 aromatic carbocycles. The van der Waals surface area contributed by atoms with Crippen molar-refractivity contribution in [2.75, 3.05) is 32.8 Å². The summed E-state index contributed by atoms with van der Waals surface area (Å²) in [5, 5.41) is 24.2. The van der Waals surface area contributed by atoms with Crippen LogP contribution in [0.15, 0.2) is 47.9 Å². The van der Waals surface area contributed by atoms with Gasteiger partial charge in [0.2, 0.25) is 0 Å². The van der Waals surface area contributed by atoms with Gasteiger partial charge in [-0.3, -0.25) is 0 Å². The SMILES string of the molecule is Br.C#CC.C#CC(C)(C)O.C/C(F)=C(/C)F.CC.CC.CC.CC.CC#CC.CC(F)=C(F)F.CC/C=C\CC.CC=O.CCBr.CCC=O.CCCC.CCO.CCOC.CO.FC(F)=C(F)F.[B].[H-].[Na+].[Na+].[OH-]. The molecule has 0 rings (SSSR count). The summed E-state index contributed by atoms with van der Waals surface area (Å²) in [5.74, 6) is 6.88. The number of alkyl halides is 1. The van der Waals surface area contributed by atoms with E-state index in [0.29, 0.717) is 13.3 Å². The average molecular weight is 1230 g/mol. The number of terminal acetylenes is 2. The predicted molar refractivity (Wildman–Crippen MR) is 308 cm³/mol. The first kappa shape index (κ1) is 151. The first-order chi connectivity index (χ1) is 31.7. The van der Waals surface area contributed by atoms with Crippen LogP contribution in [0.4, 0.5) is 39.5 Å². The zero-order valence-corrected chi connectivity index (χ0v) is 58.7. The minimum Gasteiger partial charge on any atom is -1.00 e. The Hall–Kier alpha value is -0.825. The van der Waals surface area contributed by atoms with Crippen LogP contribution in [0.2, 0.25) is 0 Å². The molecule has 73 heavy (non-hydrogen) atoms. The molecule has 0 aliphatic heterocycles. The summed E-state index contributed by atoms with van der Waals surface area (Å²) in [6, 6.07) is 0. The van der Waals surface area contributed by atoms with E-state index in [1.807, 2.05) is 90.0 Å². The molecule has 0 aliphatic rings. The van der Waals surface area contributed by atoms with Gasteiger partial charge >= 0.3 is 77.4 Å². The van der Waals surface area contributed by atoms with Crippen LogP contribution >= 0.6 is 32.9 Å². The molecule has 21 heteroatoms. The number of methoxy groups -OCH3 is 1. The number of allylic oxidation sites excluding steroid dienone is 5. The summed E-state index contributed by atoms with van der Waals surface area (Å²) in [4.78, 5) is 18.0. The molecule has 0 bridgehead atoms. The molecule has 3 radical (unpaired) electrons. The standard InChI is InChI=1S/C6H12.C5H8O.C4H6F2.C4H10.C4H6.C3H3F3.C3H8O.C3H6O.C3H4.C2H5Br.C2F4.C2H6O.C2H4O.4C2H6.CH4O.B.BrH.2Na.H2O.H/c1-3-5-6-4-2;1-4-5(2,3)6;1-3(5)4(2)6;2*1-3-4-2;1-2(4)3(5)6;1-3-4-2;1-2-3-4;1-3-2;1-2-3;3-1(4)2(5)6;2*1-2-3;5*1-2;;;;;;/h5-6H,3-4H2,1-2H3;1,6H,2-3H3;1-2H3;3-4H2,1-2H3;1-2H3;1H3;3H2,1-2H3;3H,2H2,1H3;1H,2H3;2H2,1H3;;3H,2H2,1H3;2H,1H3;4*1-2H3;2H,1H3;;1H;;;1H2;/q;;;;;;;;;;;;;;;;;;;;2*+1;;-1/p-1/b6-5-;;4-3+;;;;;;;;;;;;;;;;;;;;;. The maximum absolute atomic E-state index is 11.3. The third-order valence-electron chi connectivity index (χ3n) is 3.07. The van der Waals surface area contributed by atoms with Crippen LogP contribution in [0.5, 0.6) is 0 Å². The third-order valence-corrected chi connectivity index (χ3v) is 3.07. The molecule has 7 nitrogen and oxygen atoms in total. The van der Waals surface area contributed by atoms with E-state index < -0.39 is 41.3 Å². The monoisotopic (exact) mass is 1230 g/mol. The second-order valence-corrected chi connectivity index (χ2v) is 10.3. The van der Waals surface area contributed by atoms with Crippen molar-refractivity contribution in [1.82, 2.24) is 0 Å². The first-order valence-corrected chi connectivity index (χ1v) is 23.4. The minimum absolute atomic E-state index is 0. The molecule has 0 aromatic rings. The molecule has 0 atom stereocenters. The number of aliphatic hydroxyl groups excluding tert-OH is 2. The fourth-order valence-electron chi connectivity index (χ4n) is 0.333. The van der Waals surface area contributed by atoms with Gasteiger partial charge in [0, 0.05) is 47.6 Å². The number of hydrogen-bond donors (Lipinski definition) is 3. The average Bonchev–Trinajstić information content (AvgIpc) is 3.33. The van der Waals surface area contributed by atoms with Crippen LogP contribution < -0.4 is 59.1 Å². The molecule has 0 spiro atoms. The Balaban J connectivity index is -0.0000000164. The number of aldehydes is 2. The van der Waals surface area contributed by atoms with E-state index in [-0.39, 0.29) is 98.0 Å². The van der Waals surface area contributed by atoms with E-state index in [2.05, 4.69) is 90.6 Å². The van der Waals surface area contributed by atoms with Gasteiger partial charge in [0.1, 0.15) is 29.8 Å². The molecule has 0 heterocycles. The van der Waals surface area contributed by atoms with Crippen LogP contribution in [-0.4, -0.2) is 80.1 Å². The second-order valence-electron chi connectivity index (χ2n) is 9.13. The van der Waals surface area contributed by atoms with Crippen molar-refractivity contribution < 1.29 is 135 Å². The zero-order chi connectivity index (χ0) is 60.0. The molecule has 0 aliphatic carbocycles. The first-order valence-electron chi connectivity index (χ1n) is 22.2. The maximum atomic E-state index is 11.3. The van der Waals surface area contributed by atoms with Gasteiger partial charge in [0.15, 0.2) is 5.83 Å². The number of carbonyl (C=O) groups excluding carboxylic acids is 2. The third kappa shape index (κ3) is 760. The Labute approximate surface area is 512 Å². The molecule has 0 unspecified atom stereocenters. The number of unbranched alkanes of at least 4 members (excludes halogenated alkanes) is 1. The molecule has 0 saturated heterocycles. The quantitative estimate of drug-likeness (QED) is 0.0623. The van der Waals surface area contributed by atoms with Gasteiger partial charge in [-0.1, -0.05) is 144 Å². The van der Waals surface area contributed by atoms with E-state index in [1.54, 1.807) is 34.8 Å². The molecule has 0 amide bonds. The maximum Gasteiger partial charge on any atom is 1.00 e. The Kier molecular flexibility index (Phi) is 450. The van der Waals surface area contributed by atoms with Gasteiger partial charge in [-0.05, 0) is 89.0 Å². The van der Waals surface area contributed by atoms with Crippen molar-refractivity contribution in [3.63, 3.8) is 0 Å². The largest absolute Gasteiger partial charge is 1.00 e. The Bertz CT molecular complexity index is 919. The van der Waals surface area contributed by atoms with Gasteiger partial charge in [-0.2, -0.15) is 26.3 Å². The van der Waals surface area contributed by atoms with Crippen molar-refractivity contribution in [2.45, 2.75) is 211 Å². The summed E-state index contributed by atoms with van der Waals surface area (Å²) in [5.41, 5.74) is -0.931. The van der Waals surface area contributed by atoms with Crippen molar-refractivity contribution in [2.24, 2.45) is 0 Å². The molecule has 441 valence electrons. The Morgan fingerprint density at radius 2 is 0.767 bits per heavy atom. The fourth-order valence-corrected chi connectivity index (χ4v) is 0.333. The van der Waals surface area contributed by atoms with Gasteiger partial charge in [0.25, 0.3) is 0 Å². The fraction of sp³-hybridized carbons (Fsp3) is 0.692. The smallest absolute Gasteiger partial charge is 1.00 e. The topological polar surface area (TPSA) is 134 Å². The molecular weight excluding hydrogens is 1120 g/mol. The van der Waals surface area contributed by atoms with Crippen LogP contribution in [0.25, 0.3) is 0 Å². The predicted octanol–water partition coefficient (Wildman–Crippen LogP) is 13.2. The summed E-state index contributed by atoms with van der Waals surface area (Å²) >= 11 is 3.15.